The summed E-state index contributed by atoms with van der Waals surface area (Å²) in [7, 11) is 2.19. The number of likely N-dealkylation sites (N-methyl/N-ethyl adjacent to an activating group) is 1. The van der Waals surface area contributed by atoms with Crippen molar-refractivity contribution in [3.8, 4) is 5.75 Å². The number of nitrogens with zero attached hydrogens (tertiary/aromatic N) is 2. The van der Waals surface area contributed by atoms with Gasteiger partial charge >= 0.3 is 0 Å². The lowest BCUT2D eigenvalue weighted by molar-refractivity contribution is -0.000190. The summed E-state index contributed by atoms with van der Waals surface area (Å²) in [5.41, 5.74) is 5.99. The van der Waals surface area contributed by atoms with Gasteiger partial charge in [-0.15, -0.1) is 0 Å². The molecule has 0 aliphatic carbocycles. The maximum atomic E-state index is 6.54. The van der Waals surface area contributed by atoms with Gasteiger partial charge in [-0.25, -0.2) is 0 Å². The number of ether oxygens (including phenoxy) is 2. The van der Waals surface area contributed by atoms with E-state index in [0.717, 1.165) is 44.3 Å². The highest BCUT2D eigenvalue weighted by molar-refractivity contribution is 5.68. The third-order valence-electron chi connectivity index (χ3n) is 9.30. The standard InChI is InChI=1S/C36H39N3O2/c1-38-24-31(25-41-34-18-17-32(23-33(34)38)39-26-35(27-39)19-21-40-22-20-35)37-36(28-11-5-2-6-12-28,29-13-7-3-8-14-29)30-15-9-4-10-16-30/h2-18,23,31,37H,19-22,24-27H2,1H3/t31-/m0/s1. The van der Waals surface area contributed by atoms with Gasteiger partial charge in [-0.2, -0.15) is 0 Å². The molecule has 0 unspecified atom stereocenters. The monoisotopic (exact) mass is 545 g/mol. The maximum Gasteiger partial charge on any atom is 0.142 e. The average Bonchev–Trinajstić information content (AvgIpc) is 3.18. The van der Waals surface area contributed by atoms with E-state index in [1.165, 1.54) is 35.2 Å². The molecule has 4 aromatic carbocycles. The van der Waals surface area contributed by atoms with Crippen LogP contribution in [-0.4, -0.2) is 52.5 Å². The van der Waals surface area contributed by atoms with Crippen LogP contribution in [0, 0.1) is 5.41 Å². The normalized spacial score (nSPS) is 20.1. The quantitative estimate of drug-likeness (QED) is 0.297. The molecule has 1 spiro atoms. The molecule has 0 radical (unpaired) electrons. The van der Waals surface area contributed by atoms with Crippen LogP contribution >= 0.6 is 0 Å². The summed E-state index contributed by atoms with van der Waals surface area (Å²) in [6.45, 7) is 5.46. The lowest BCUT2D eigenvalue weighted by atomic mass is 9.73. The molecule has 4 aromatic rings. The molecule has 3 aliphatic heterocycles. The molecule has 1 atom stereocenters. The van der Waals surface area contributed by atoms with E-state index < -0.39 is 5.54 Å². The van der Waals surface area contributed by atoms with E-state index in [-0.39, 0.29) is 6.04 Å². The molecule has 2 fully saturated rings. The Bertz CT molecular complexity index is 1350. The van der Waals surface area contributed by atoms with Gasteiger partial charge in [-0.3, -0.25) is 5.32 Å². The first-order valence-corrected chi connectivity index (χ1v) is 14.9. The van der Waals surface area contributed by atoms with Crippen molar-refractivity contribution < 1.29 is 9.47 Å². The second-order valence-electron chi connectivity index (χ2n) is 12.0. The number of benzene rings is 4. The van der Waals surface area contributed by atoms with Crippen molar-refractivity contribution in [2.45, 2.75) is 24.4 Å². The largest absolute Gasteiger partial charge is 0.490 e. The first-order chi connectivity index (χ1) is 20.2. The number of anilines is 2. The smallest absolute Gasteiger partial charge is 0.142 e. The third-order valence-corrected chi connectivity index (χ3v) is 9.30. The van der Waals surface area contributed by atoms with E-state index >= 15 is 0 Å². The van der Waals surface area contributed by atoms with Crippen molar-refractivity contribution in [2.75, 3.05) is 56.3 Å². The molecular formula is C36H39N3O2. The lowest BCUT2D eigenvalue weighted by Crippen LogP contribution is -2.58. The first-order valence-electron chi connectivity index (χ1n) is 14.9. The van der Waals surface area contributed by atoms with Crippen LogP contribution in [0.25, 0.3) is 0 Å². The van der Waals surface area contributed by atoms with E-state index in [1.807, 2.05) is 0 Å². The Morgan fingerprint density at radius 1 is 0.756 bits per heavy atom. The Labute approximate surface area is 243 Å². The van der Waals surface area contributed by atoms with Gasteiger partial charge in [0.05, 0.1) is 17.3 Å². The van der Waals surface area contributed by atoms with Crippen LogP contribution in [0.4, 0.5) is 11.4 Å². The minimum atomic E-state index is -0.532. The molecular weight excluding hydrogens is 506 g/mol. The van der Waals surface area contributed by atoms with Crippen LogP contribution in [0.1, 0.15) is 29.5 Å². The third kappa shape index (κ3) is 4.87. The van der Waals surface area contributed by atoms with Crippen LogP contribution in [0.3, 0.4) is 0 Å². The number of hydrogen-bond donors (Lipinski definition) is 1. The molecule has 0 amide bonds. The Morgan fingerprint density at radius 3 is 1.88 bits per heavy atom. The zero-order valence-corrected chi connectivity index (χ0v) is 23.8. The summed E-state index contributed by atoms with van der Waals surface area (Å²) in [5, 5.41) is 4.13. The molecule has 5 nitrogen and oxygen atoms in total. The van der Waals surface area contributed by atoms with Gasteiger partial charge in [0.25, 0.3) is 0 Å². The van der Waals surface area contributed by atoms with Gasteiger partial charge in [-0.05, 0) is 47.7 Å². The van der Waals surface area contributed by atoms with E-state index in [1.54, 1.807) is 0 Å². The molecule has 0 saturated carbocycles. The average molecular weight is 546 g/mol. The summed E-state index contributed by atoms with van der Waals surface area (Å²) < 4.78 is 12.2. The predicted octanol–water partition coefficient (Wildman–Crippen LogP) is 6.08. The second-order valence-corrected chi connectivity index (χ2v) is 12.0. The van der Waals surface area contributed by atoms with Crippen molar-refractivity contribution in [3.05, 3.63) is 126 Å². The fourth-order valence-corrected chi connectivity index (χ4v) is 7.07. The minimum Gasteiger partial charge on any atom is -0.490 e. The van der Waals surface area contributed by atoms with Crippen LogP contribution in [0.5, 0.6) is 5.75 Å². The molecule has 210 valence electrons. The first kappa shape index (κ1) is 26.1. The highest BCUT2D eigenvalue weighted by Crippen LogP contribution is 2.44. The fraction of sp³-hybridized carbons (Fsp3) is 0.333. The molecule has 7 rings (SSSR count). The van der Waals surface area contributed by atoms with Crippen molar-refractivity contribution in [1.29, 1.82) is 0 Å². The molecule has 0 bridgehead atoms. The summed E-state index contributed by atoms with van der Waals surface area (Å²) >= 11 is 0. The fourth-order valence-electron chi connectivity index (χ4n) is 7.07. The van der Waals surface area contributed by atoms with Crippen LogP contribution in [0.15, 0.2) is 109 Å². The van der Waals surface area contributed by atoms with Crippen LogP contribution in [0.2, 0.25) is 0 Å². The number of hydrogen-bond acceptors (Lipinski definition) is 5. The van der Waals surface area contributed by atoms with Gasteiger partial charge < -0.3 is 19.3 Å². The highest BCUT2D eigenvalue weighted by atomic mass is 16.5. The topological polar surface area (TPSA) is 37.0 Å². The Balaban J connectivity index is 1.19. The highest BCUT2D eigenvalue weighted by Gasteiger charge is 2.44. The van der Waals surface area contributed by atoms with Crippen molar-refractivity contribution >= 4 is 11.4 Å². The Kier molecular flexibility index (Phi) is 6.93. The Morgan fingerprint density at radius 2 is 1.32 bits per heavy atom. The van der Waals surface area contributed by atoms with Crippen molar-refractivity contribution in [1.82, 2.24) is 5.32 Å². The number of fused-ring (bicyclic) bond motifs is 1. The van der Waals surface area contributed by atoms with E-state index in [0.29, 0.717) is 12.0 Å². The van der Waals surface area contributed by atoms with E-state index in [4.69, 9.17) is 9.47 Å². The summed E-state index contributed by atoms with van der Waals surface area (Å²) in [6.07, 6.45) is 2.35. The minimum absolute atomic E-state index is 0.0750. The van der Waals surface area contributed by atoms with Gasteiger partial charge in [0.15, 0.2) is 0 Å². The molecule has 5 heteroatoms. The predicted molar refractivity (Wildman–Crippen MR) is 166 cm³/mol. The molecule has 3 aliphatic rings. The molecule has 1 N–H and O–H groups in total. The van der Waals surface area contributed by atoms with Crippen molar-refractivity contribution in [2.24, 2.45) is 5.41 Å². The number of rotatable bonds is 6. The zero-order valence-electron chi connectivity index (χ0n) is 23.8. The molecule has 41 heavy (non-hydrogen) atoms. The van der Waals surface area contributed by atoms with Crippen molar-refractivity contribution in [3.63, 3.8) is 0 Å². The Hall–Kier alpha value is -3.80. The molecule has 0 aromatic heterocycles. The van der Waals surface area contributed by atoms with Crippen LogP contribution < -0.4 is 19.9 Å². The number of nitrogens with one attached hydrogen (secondary N) is 1. The zero-order chi connectivity index (χ0) is 27.7. The van der Waals surface area contributed by atoms with Gasteiger partial charge in [0.2, 0.25) is 0 Å². The lowest BCUT2D eigenvalue weighted by Gasteiger charge is -2.53. The second kappa shape index (κ2) is 10.9. The van der Waals surface area contributed by atoms with Gasteiger partial charge in [0.1, 0.15) is 12.4 Å². The summed E-state index contributed by atoms with van der Waals surface area (Å²) in [5.74, 6) is 0.951. The maximum absolute atomic E-state index is 6.54. The van der Waals surface area contributed by atoms with E-state index in [2.05, 4.69) is 131 Å². The van der Waals surface area contributed by atoms with Gasteiger partial charge in [-0.1, -0.05) is 91.0 Å². The summed E-state index contributed by atoms with van der Waals surface area (Å²) in [6, 6.07) is 39.2. The summed E-state index contributed by atoms with van der Waals surface area (Å²) in [4.78, 5) is 4.88. The SMILES string of the molecule is CN1C[C@H](NC(c2ccccc2)(c2ccccc2)c2ccccc2)COc2ccc(N3CC4(CCOCC4)C3)cc21. The van der Waals surface area contributed by atoms with Crippen LogP contribution in [-0.2, 0) is 10.3 Å². The van der Waals surface area contributed by atoms with E-state index in [9.17, 15) is 0 Å². The van der Waals surface area contributed by atoms with Gasteiger partial charge in [0, 0.05) is 51.0 Å². The molecule has 3 heterocycles. The molecule has 2 saturated heterocycles.